The highest BCUT2D eigenvalue weighted by Gasteiger charge is 2.69. The molecule has 12 atom stereocenters. The molecule has 2 heterocycles. The van der Waals surface area contributed by atoms with Crippen molar-refractivity contribution in [3.8, 4) is 0 Å². The van der Waals surface area contributed by atoms with E-state index in [1.165, 1.54) is 77.0 Å². The fourth-order valence-electron chi connectivity index (χ4n) is 11.6. The van der Waals surface area contributed by atoms with Gasteiger partial charge in [0.15, 0.2) is 5.79 Å². The Hall–Kier alpha value is -0.610. The van der Waals surface area contributed by atoms with Crippen LogP contribution in [0.1, 0.15) is 144 Å². The van der Waals surface area contributed by atoms with Gasteiger partial charge in [-0.25, -0.2) is 0 Å². The molecule has 40 heavy (non-hydrogen) atoms. The molecule has 4 aliphatic carbocycles. The molecular formula is C36H60O4. The second kappa shape index (κ2) is 11.5. The Morgan fingerprint density at radius 1 is 0.850 bits per heavy atom. The number of rotatable bonds is 8. The standard InChI is InChI=1S/C36H60O4/c1-6-7-8-9-10-11-12-32(37)39-27-16-18-34(4)26(21-27)13-14-28-29(34)17-19-35(5)30(28)22-31-33(35)25(3)36(40-31)20-15-24(2)23-38-36/h24-31,33H,6-23H2,1-5H3/t24-,25+,26+,27-,28-,29-,30-,31+,33+,34+,35+,36-/m1/s1. The summed E-state index contributed by atoms with van der Waals surface area (Å²) in [6, 6.07) is 0. The van der Waals surface area contributed by atoms with E-state index in [1.54, 1.807) is 0 Å². The lowest BCUT2D eigenvalue weighted by molar-refractivity contribution is -0.273. The topological polar surface area (TPSA) is 44.8 Å². The molecule has 228 valence electrons. The molecule has 0 aromatic heterocycles. The number of carbonyl (C=O) groups excluding carboxylic acids is 1. The zero-order chi connectivity index (χ0) is 28.1. The quantitative estimate of drug-likeness (QED) is 0.221. The van der Waals surface area contributed by atoms with Gasteiger partial charge in [0.2, 0.25) is 0 Å². The Morgan fingerprint density at radius 2 is 1.62 bits per heavy atom. The van der Waals surface area contributed by atoms with Crippen LogP contribution in [0.4, 0.5) is 0 Å². The summed E-state index contributed by atoms with van der Waals surface area (Å²) in [5, 5.41) is 0. The lowest BCUT2D eigenvalue weighted by atomic mass is 9.44. The summed E-state index contributed by atoms with van der Waals surface area (Å²) < 4.78 is 19.6. The number of ether oxygens (including phenoxy) is 3. The van der Waals surface area contributed by atoms with Gasteiger partial charge in [0, 0.05) is 18.8 Å². The summed E-state index contributed by atoms with van der Waals surface area (Å²) in [6.45, 7) is 13.2. The number of unbranched alkanes of at least 4 members (excludes halogenated alkanes) is 5. The molecule has 0 unspecified atom stereocenters. The first-order chi connectivity index (χ1) is 19.2. The molecule has 2 saturated heterocycles. The summed E-state index contributed by atoms with van der Waals surface area (Å²) in [6.07, 6.45) is 20.9. The third kappa shape index (κ3) is 5.01. The van der Waals surface area contributed by atoms with Gasteiger partial charge in [-0.2, -0.15) is 0 Å². The van der Waals surface area contributed by atoms with Crippen molar-refractivity contribution in [2.24, 2.45) is 52.3 Å². The number of hydrogen-bond acceptors (Lipinski definition) is 4. The van der Waals surface area contributed by atoms with Crippen LogP contribution in [0.3, 0.4) is 0 Å². The van der Waals surface area contributed by atoms with Gasteiger partial charge in [0.1, 0.15) is 6.10 Å². The van der Waals surface area contributed by atoms with E-state index in [9.17, 15) is 4.79 Å². The van der Waals surface area contributed by atoms with Crippen molar-refractivity contribution >= 4 is 5.97 Å². The van der Waals surface area contributed by atoms with Crippen molar-refractivity contribution in [1.29, 1.82) is 0 Å². The number of carbonyl (C=O) groups is 1. The highest BCUT2D eigenvalue weighted by molar-refractivity contribution is 5.69. The molecular weight excluding hydrogens is 496 g/mol. The Morgan fingerprint density at radius 3 is 2.40 bits per heavy atom. The molecule has 2 aliphatic heterocycles. The molecule has 4 nitrogen and oxygen atoms in total. The molecule has 0 bridgehead atoms. The monoisotopic (exact) mass is 556 g/mol. The molecule has 0 amide bonds. The molecule has 0 radical (unpaired) electrons. The maximum Gasteiger partial charge on any atom is 0.306 e. The fourth-order valence-corrected chi connectivity index (χ4v) is 11.6. The first-order valence-electron chi connectivity index (χ1n) is 17.7. The summed E-state index contributed by atoms with van der Waals surface area (Å²) in [7, 11) is 0. The Bertz CT molecular complexity index is 893. The summed E-state index contributed by atoms with van der Waals surface area (Å²) >= 11 is 0. The van der Waals surface area contributed by atoms with Crippen LogP contribution in [-0.2, 0) is 19.0 Å². The predicted octanol–water partition coefficient (Wildman–Crippen LogP) is 9.10. The van der Waals surface area contributed by atoms with Crippen LogP contribution < -0.4 is 0 Å². The van der Waals surface area contributed by atoms with E-state index in [1.807, 2.05) is 0 Å². The SMILES string of the molecule is CCCCCCCCC(=O)O[C@@H]1CC[C@@]2(C)[C@@H](CC[C@@H]3[C@H]2CC[C@]2(C)[C@@H]4[C@H](C[C@H]32)O[C@]2(CC[C@@H](C)CO2)[C@H]4C)C1. The minimum Gasteiger partial charge on any atom is -0.462 e. The smallest absolute Gasteiger partial charge is 0.306 e. The van der Waals surface area contributed by atoms with Gasteiger partial charge >= 0.3 is 5.97 Å². The van der Waals surface area contributed by atoms with E-state index in [4.69, 9.17) is 14.2 Å². The van der Waals surface area contributed by atoms with E-state index in [0.29, 0.717) is 41.1 Å². The van der Waals surface area contributed by atoms with Crippen LogP contribution in [0.2, 0.25) is 0 Å². The van der Waals surface area contributed by atoms with Gasteiger partial charge in [-0.1, -0.05) is 66.7 Å². The lowest BCUT2D eigenvalue weighted by Crippen LogP contribution is -2.55. The Balaban J connectivity index is 1.05. The largest absolute Gasteiger partial charge is 0.462 e. The van der Waals surface area contributed by atoms with Crippen molar-refractivity contribution in [1.82, 2.24) is 0 Å². The highest BCUT2D eigenvalue weighted by atomic mass is 16.7. The predicted molar refractivity (Wildman–Crippen MR) is 160 cm³/mol. The minimum absolute atomic E-state index is 0.0620. The highest BCUT2D eigenvalue weighted by Crippen LogP contribution is 2.71. The zero-order valence-corrected chi connectivity index (χ0v) is 26.6. The second-order valence-electron chi connectivity index (χ2n) is 16.1. The first-order valence-corrected chi connectivity index (χ1v) is 17.7. The molecule has 4 saturated carbocycles. The van der Waals surface area contributed by atoms with Crippen LogP contribution in [0.15, 0.2) is 0 Å². The first kappa shape index (κ1) is 29.5. The van der Waals surface area contributed by atoms with Crippen molar-refractivity contribution in [2.75, 3.05) is 6.61 Å². The summed E-state index contributed by atoms with van der Waals surface area (Å²) in [5.74, 6) is 4.77. The van der Waals surface area contributed by atoms with Crippen molar-refractivity contribution in [3.63, 3.8) is 0 Å². The maximum atomic E-state index is 12.6. The van der Waals surface area contributed by atoms with Gasteiger partial charge in [-0.3, -0.25) is 4.79 Å². The summed E-state index contributed by atoms with van der Waals surface area (Å²) in [4.78, 5) is 12.6. The van der Waals surface area contributed by atoms with Crippen LogP contribution in [-0.4, -0.2) is 30.6 Å². The van der Waals surface area contributed by atoms with Gasteiger partial charge in [-0.05, 0) is 111 Å². The Kier molecular flexibility index (Phi) is 8.45. The van der Waals surface area contributed by atoms with Gasteiger partial charge in [-0.15, -0.1) is 0 Å². The van der Waals surface area contributed by atoms with Gasteiger partial charge in [0.05, 0.1) is 12.7 Å². The molecule has 0 aromatic rings. The van der Waals surface area contributed by atoms with E-state index >= 15 is 0 Å². The molecule has 0 N–H and O–H groups in total. The average Bonchev–Trinajstić information content (AvgIpc) is 3.38. The molecule has 6 aliphatic rings. The molecule has 4 heteroatoms. The third-order valence-electron chi connectivity index (χ3n) is 13.9. The molecule has 6 rings (SSSR count). The zero-order valence-electron chi connectivity index (χ0n) is 26.6. The minimum atomic E-state index is -0.304. The van der Waals surface area contributed by atoms with Gasteiger partial charge in [0.25, 0.3) is 0 Å². The second-order valence-corrected chi connectivity index (χ2v) is 16.1. The third-order valence-corrected chi connectivity index (χ3v) is 13.9. The molecule has 1 spiro atoms. The average molecular weight is 557 g/mol. The van der Waals surface area contributed by atoms with E-state index in [0.717, 1.165) is 56.0 Å². The number of esters is 1. The lowest BCUT2D eigenvalue weighted by Gasteiger charge is -2.61. The van der Waals surface area contributed by atoms with Crippen LogP contribution in [0.5, 0.6) is 0 Å². The van der Waals surface area contributed by atoms with E-state index in [2.05, 4.69) is 34.6 Å². The number of fused-ring (bicyclic) bond motifs is 7. The maximum absolute atomic E-state index is 12.6. The van der Waals surface area contributed by atoms with Crippen LogP contribution >= 0.6 is 0 Å². The van der Waals surface area contributed by atoms with Crippen LogP contribution in [0, 0.1) is 52.3 Å². The summed E-state index contributed by atoms with van der Waals surface area (Å²) in [5.41, 5.74) is 0.814. The van der Waals surface area contributed by atoms with Crippen molar-refractivity contribution in [2.45, 2.75) is 162 Å². The van der Waals surface area contributed by atoms with Crippen molar-refractivity contribution < 1.29 is 19.0 Å². The number of hydrogen-bond donors (Lipinski definition) is 0. The van der Waals surface area contributed by atoms with Crippen molar-refractivity contribution in [3.05, 3.63) is 0 Å². The van der Waals surface area contributed by atoms with Gasteiger partial charge < -0.3 is 14.2 Å². The van der Waals surface area contributed by atoms with E-state index in [-0.39, 0.29) is 17.9 Å². The Labute approximate surface area is 245 Å². The molecule has 0 aromatic carbocycles. The molecule has 6 fully saturated rings. The fraction of sp³-hybridized carbons (Fsp3) is 0.972. The van der Waals surface area contributed by atoms with E-state index < -0.39 is 0 Å². The normalized spacial score (nSPS) is 49.7. The van der Waals surface area contributed by atoms with Crippen LogP contribution in [0.25, 0.3) is 0 Å².